The van der Waals surface area contributed by atoms with E-state index in [9.17, 15) is 22.8 Å². The quantitative estimate of drug-likeness (QED) is 0.425. The second kappa shape index (κ2) is 10.1. The molecule has 0 bridgehead atoms. The van der Waals surface area contributed by atoms with E-state index in [2.05, 4.69) is 9.47 Å². The second-order valence-electron chi connectivity index (χ2n) is 3.84. The van der Waals surface area contributed by atoms with Crippen molar-refractivity contribution in [1.29, 1.82) is 0 Å². The van der Waals surface area contributed by atoms with Crippen LogP contribution in [0.1, 0.15) is 25.7 Å². The Morgan fingerprint density at radius 2 is 1.85 bits per heavy atom. The number of amides is 1. The molecule has 0 aromatic carbocycles. The number of carbonyl (C=O) groups is 2. The molecule has 0 aliphatic heterocycles. The maximum absolute atomic E-state index is 11.8. The topological polar surface area (TPSA) is 64.6 Å². The number of rotatable bonds is 8. The molecule has 0 unspecified atom stereocenters. The number of allylic oxidation sites excluding steroid dienone is 1. The van der Waals surface area contributed by atoms with Gasteiger partial charge >= 0.3 is 18.2 Å². The van der Waals surface area contributed by atoms with Crippen LogP contribution >= 0.6 is 0 Å². The molecule has 0 fully saturated rings. The Bertz CT molecular complexity index is 329. The first-order valence-corrected chi connectivity index (χ1v) is 6.08. The summed E-state index contributed by atoms with van der Waals surface area (Å²) in [7, 11) is 1.21. The molecule has 0 spiro atoms. The number of halogens is 3. The summed E-state index contributed by atoms with van der Waals surface area (Å²) in [5, 5.41) is 1.80. The number of unbranched alkanes of at least 4 members (excludes halogenated alkanes) is 3. The van der Waals surface area contributed by atoms with Crippen molar-refractivity contribution in [1.82, 2.24) is 5.32 Å². The fourth-order valence-electron chi connectivity index (χ4n) is 1.23. The normalized spacial score (nSPS) is 11.4. The summed E-state index contributed by atoms with van der Waals surface area (Å²) in [4.78, 5) is 21.0. The van der Waals surface area contributed by atoms with Gasteiger partial charge in [0.1, 0.15) is 6.61 Å². The molecule has 5 nitrogen and oxygen atoms in total. The number of hydrogen-bond donors (Lipinski definition) is 1. The monoisotopic (exact) mass is 297 g/mol. The minimum absolute atomic E-state index is 0.00745. The van der Waals surface area contributed by atoms with E-state index in [0.717, 1.165) is 12.8 Å². The fraction of sp³-hybridized carbons (Fsp3) is 0.667. The van der Waals surface area contributed by atoms with Crippen LogP contribution in [0.15, 0.2) is 12.2 Å². The summed E-state index contributed by atoms with van der Waals surface area (Å²) in [5.41, 5.74) is 0. The van der Waals surface area contributed by atoms with Crippen molar-refractivity contribution < 1.29 is 32.2 Å². The van der Waals surface area contributed by atoms with Gasteiger partial charge in [0.15, 0.2) is 0 Å². The Balaban J connectivity index is 3.39. The van der Waals surface area contributed by atoms with Gasteiger partial charge < -0.3 is 14.8 Å². The van der Waals surface area contributed by atoms with Gasteiger partial charge in [-0.15, -0.1) is 0 Å². The van der Waals surface area contributed by atoms with Crippen LogP contribution in [0.4, 0.5) is 18.0 Å². The van der Waals surface area contributed by atoms with Crippen LogP contribution in [0.25, 0.3) is 0 Å². The molecule has 116 valence electrons. The highest BCUT2D eigenvalue weighted by Crippen LogP contribution is 2.14. The lowest BCUT2D eigenvalue weighted by atomic mass is 10.2. The van der Waals surface area contributed by atoms with Crippen LogP contribution in [0.5, 0.6) is 0 Å². The van der Waals surface area contributed by atoms with Crippen LogP contribution < -0.4 is 5.32 Å². The third kappa shape index (κ3) is 10.2. The molecule has 1 amide bonds. The van der Waals surface area contributed by atoms with Crippen molar-refractivity contribution >= 4 is 12.1 Å². The predicted octanol–water partition coefficient (Wildman–Crippen LogP) is 2.56. The second-order valence-corrected chi connectivity index (χ2v) is 3.84. The molecule has 1 N–H and O–H groups in total. The first-order valence-electron chi connectivity index (χ1n) is 6.08. The third-order valence-corrected chi connectivity index (χ3v) is 2.22. The van der Waals surface area contributed by atoms with Gasteiger partial charge in [0.2, 0.25) is 0 Å². The van der Waals surface area contributed by atoms with Crippen molar-refractivity contribution in [3.05, 3.63) is 12.2 Å². The summed E-state index contributed by atoms with van der Waals surface area (Å²) >= 11 is 0. The highest BCUT2D eigenvalue weighted by atomic mass is 19.4. The van der Waals surface area contributed by atoms with E-state index >= 15 is 0 Å². The molecule has 0 radical (unpaired) electrons. The molecule has 0 saturated heterocycles. The lowest BCUT2D eigenvalue weighted by Gasteiger charge is -2.07. The molecular formula is C12H18F3NO4. The number of methoxy groups -OCH3 is 1. The van der Waals surface area contributed by atoms with Gasteiger partial charge in [-0.25, -0.2) is 4.79 Å². The van der Waals surface area contributed by atoms with Gasteiger partial charge in [0, 0.05) is 6.54 Å². The van der Waals surface area contributed by atoms with Crippen LogP contribution in [0.2, 0.25) is 0 Å². The van der Waals surface area contributed by atoms with Gasteiger partial charge in [-0.3, -0.25) is 4.79 Å². The molecule has 0 aliphatic rings. The Labute approximate surface area is 115 Å². The van der Waals surface area contributed by atoms with E-state index in [1.54, 1.807) is 17.5 Å². The summed E-state index contributed by atoms with van der Waals surface area (Å²) in [5.74, 6) is -1.91. The molecule has 0 atom stereocenters. The summed E-state index contributed by atoms with van der Waals surface area (Å²) in [6, 6.07) is 0. The van der Waals surface area contributed by atoms with Gasteiger partial charge in [0.25, 0.3) is 0 Å². The van der Waals surface area contributed by atoms with Crippen molar-refractivity contribution in [2.45, 2.75) is 31.9 Å². The molecule has 0 aliphatic carbocycles. The molecule has 0 rings (SSSR count). The lowest BCUT2D eigenvalue weighted by Crippen LogP contribution is -2.37. The van der Waals surface area contributed by atoms with E-state index in [-0.39, 0.29) is 13.2 Å². The summed E-state index contributed by atoms with van der Waals surface area (Å²) in [6.07, 6.45) is 0.556. The van der Waals surface area contributed by atoms with Crippen molar-refractivity contribution in [3.8, 4) is 0 Å². The van der Waals surface area contributed by atoms with E-state index in [1.807, 2.05) is 0 Å². The average molecular weight is 297 g/mol. The zero-order valence-electron chi connectivity index (χ0n) is 11.2. The summed E-state index contributed by atoms with van der Waals surface area (Å²) < 4.78 is 44.3. The predicted molar refractivity (Wildman–Crippen MR) is 65.0 cm³/mol. The molecule has 0 heterocycles. The molecule has 8 heteroatoms. The van der Waals surface area contributed by atoms with Gasteiger partial charge in [-0.05, 0) is 19.3 Å². The number of nitrogens with one attached hydrogen (secondary N) is 1. The highest BCUT2D eigenvalue weighted by Gasteiger charge is 2.38. The smallest absolute Gasteiger partial charge is 0.438 e. The summed E-state index contributed by atoms with van der Waals surface area (Å²) in [6.45, 7) is 0.127. The largest absolute Gasteiger partial charge is 0.508 e. The molecule has 0 saturated carbocycles. The first-order chi connectivity index (χ1) is 9.38. The van der Waals surface area contributed by atoms with Crippen LogP contribution in [0.3, 0.4) is 0 Å². The van der Waals surface area contributed by atoms with Crippen LogP contribution in [-0.4, -0.2) is 38.5 Å². The number of ether oxygens (including phenoxy) is 2. The van der Waals surface area contributed by atoms with Crippen molar-refractivity contribution in [2.24, 2.45) is 0 Å². The van der Waals surface area contributed by atoms with Crippen LogP contribution in [0, 0.1) is 0 Å². The lowest BCUT2D eigenvalue weighted by molar-refractivity contribution is -0.173. The zero-order valence-corrected chi connectivity index (χ0v) is 11.2. The Morgan fingerprint density at radius 3 is 2.45 bits per heavy atom. The fourth-order valence-corrected chi connectivity index (χ4v) is 1.23. The molecule has 0 aromatic heterocycles. The Morgan fingerprint density at radius 1 is 1.15 bits per heavy atom. The number of carbonyl (C=O) groups excluding carboxylic acids is 2. The first kappa shape index (κ1) is 18.3. The minimum Gasteiger partial charge on any atom is -0.438 e. The average Bonchev–Trinajstić information content (AvgIpc) is 2.39. The molecular weight excluding hydrogens is 279 g/mol. The highest BCUT2D eigenvalue weighted by molar-refractivity contribution is 5.81. The van der Waals surface area contributed by atoms with E-state index in [1.165, 1.54) is 7.11 Å². The van der Waals surface area contributed by atoms with E-state index in [4.69, 9.17) is 0 Å². The van der Waals surface area contributed by atoms with Gasteiger partial charge in [0.05, 0.1) is 7.11 Å². The Kier molecular flexibility index (Phi) is 9.23. The zero-order chi connectivity index (χ0) is 15.4. The van der Waals surface area contributed by atoms with E-state index < -0.39 is 18.2 Å². The minimum atomic E-state index is -4.82. The third-order valence-electron chi connectivity index (χ3n) is 2.22. The standard InChI is InChI=1S/C12H18F3NO4/c1-19-11(18)20-9-7-5-3-2-4-6-8-16-10(17)12(13,14)15/h5,7H,2-4,6,8-9H2,1H3,(H,16,17)/b7-5+. The van der Waals surface area contributed by atoms with E-state index in [0.29, 0.717) is 12.8 Å². The van der Waals surface area contributed by atoms with Crippen LogP contribution in [-0.2, 0) is 14.3 Å². The number of hydrogen-bond acceptors (Lipinski definition) is 4. The van der Waals surface area contributed by atoms with Gasteiger partial charge in [-0.2, -0.15) is 13.2 Å². The van der Waals surface area contributed by atoms with Crippen molar-refractivity contribution in [2.75, 3.05) is 20.3 Å². The SMILES string of the molecule is COC(=O)OC/C=C/CCCCCNC(=O)C(F)(F)F. The maximum atomic E-state index is 11.8. The molecule has 20 heavy (non-hydrogen) atoms. The molecule has 0 aromatic rings. The maximum Gasteiger partial charge on any atom is 0.508 e. The van der Waals surface area contributed by atoms with Crippen molar-refractivity contribution in [3.63, 3.8) is 0 Å². The number of alkyl halides is 3. The van der Waals surface area contributed by atoms with Gasteiger partial charge in [-0.1, -0.05) is 18.6 Å². The Hall–Kier alpha value is -1.73.